The van der Waals surface area contributed by atoms with Crippen LogP contribution in [0, 0.1) is 0 Å². The van der Waals surface area contributed by atoms with E-state index in [0.29, 0.717) is 5.56 Å². The number of carbonyl (C=O) groups excluding carboxylic acids is 1. The van der Waals surface area contributed by atoms with Gasteiger partial charge in [-0.1, -0.05) is 36.4 Å². The van der Waals surface area contributed by atoms with E-state index in [1.807, 2.05) is 42.5 Å². The van der Waals surface area contributed by atoms with Crippen molar-refractivity contribution in [3.8, 4) is 0 Å². The molecule has 20 heavy (non-hydrogen) atoms. The normalized spacial score (nSPS) is 10.4. The minimum absolute atomic E-state index is 0.296. The maximum Gasteiger partial charge on any atom is 0.255 e. The zero-order valence-corrected chi connectivity index (χ0v) is 10.6. The SMILES string of the molecule is O=C(Nc1cccc2ccccc12)c1cc[nH]c(=O)c1. The van der Waals surface area contributed by atoms with Crippen molar-refractivity contribution in [1.82, 2.24) is 4.98 Å². The zero-order valence-electron chi connectivity index (χ0n) is 10.6. The number of rotatable bonds is 2. The van der Waals surface area contributed by atoms with Gasteiger partial charge in [0.05, 0.1) is 0 Å². The highest BCUT2D eigenvalue weighted by atomic mass is 16.2. The fourth-order valence-corrected chi connectivity index (χ4v) is 2.11. The zero-order chi connectivity index (χ0) is 13.9. The first-order chi connectivity index (χ1) is 9.74. The summed E-state index contributed by atoms with van der Waals surface area (Å²) < 4.78 is 0. The molecule has 1 heterocycles. The second-order valence-electron chi connectivity index (χ2n) is 4.42. The first kappa shape index (κ1) is 12.2. The molecule has 4 heteroatoms. The lowest BCUT2D eigenvalue weighted by Crippen LogP contribution is -2.15. The molecular weight excluding hydrogens is 252 g/mol. The van der Waals surface area contributed by atoms with Crippen molar-refractivity contribution < 1.29 is 4.79 Å². The third-order valence-electron chi connectivity index (χ3n) is 3.08. The van der Waals surface area contributed by atoms with E-state index < -0.39 is 0 Å². The lowest BCUT2D eigenvalue weighted by molar-refractivity contribution is 0.102. The number of H-pyrrole nitrogens is 1. The summed E-state index contributed by atoms with van der Waals surface area (Å²) in [5, 5.41) is 4.85. The molecule has 0 radical (unpaired) electrons. The van der Waals surface area contributed by atoms with E-state index in [1.165, 1.54) is 12.3 Å². The summed E-state index contributed by atoms with van der Waals surface area (Å²) in [7, 11) is 0. The van der Waals surface area contributed by atoms with Crippen LogP contribution in [-0.2, 0) is 0 Å². The molecule has 2 aromatic carbocycles. The lowest BCUT2D eigenvalue weighted by atomic mass is 10.1. The van der Waals surface area contributed by atoms with Crippen LogP contribution < -0.4 is 10.9 Å². The molecule has 0 unspecified atom stereocenters. The van der Waals surface area contributed by atoms with Gasteiger partial charge < -0.3 is 10.3 Å². The second-order valence-corrected chi connectivity index (χ2v) is 4.42. The molecule has 1 amide bonds. The van der Waals surface area contributed by atoms with Gasteiger partial charge in [-0.05, 0) is 17.5 Å². The molecule has 3 rings (SSSR count). The van der Waals surface area contributed by atoms with Crippen LogP contribution in [0.4, 0.5) is 5.69 Å². The van der Waals surface area contributed by atoms with Gasteiger partial charge in [0.1, 0.15) is 0 Å². The Morgan fingerprint density at radius 1 is 1.00 bits per heavy atom. The van der Waals surface area contributed by atoms with E-state index in [4.69, 9.17) is 0 Å². The van der Waals surface area contributed by atoms with Crippen LogP contribution in [0.3, 0.4) is 0 Å². The summed E-state index contributed by atoms with van der Waals surface area (Å²) in [4.78, 5) is 25.9. The number of aromatic nitrogens is 1. The number of aromatic amines is 1. The summed E-state index contributed by atoms with van der Waals surface area (Å²) >= 11 is 0. The Labute approximate surface area is 115 Å². The van der Waals surface area contributed by atoms with E-state index in [1.54, 1.807) is 6.07 Å². The van der Waals surface area contributed by atoms with Crippen LogP contribution in [-0.4, -0.2) is 10.9 Å². The first-order valence-corrected chi connectivity index (χ1v) is 6.22. The second kappa shape index (κ2) is 5.01. The summed E-state index contributed by atoms with van der Waals surface area (Å²) in [6.45, 7) is 0. The van der Waals surface area contributed by atoms with Gasteiger partial charge in [0.15, 0.2) is 0 Å². The van der Waals surface area contributed by atoms with Gasteiger partial charge in [-0.3, -0.25) is 9.59 Å². The van der Waals surface area contributed by atoms with Crippen LogP contribution >= 0.6 is 0 Å². The third kappa shape index (κ3) is 2.31. The molecule has 4 nitrogen and oxygen atoms in total. The summed E-state index contributed by atoms with van der Waals surface area (Å²) in [6, 6.07) is 16.4. The number of nitrogens with one attached hydrogen (secondary N) is 2. The number of benzene rings is 2. The molecule has 0 aliphatic heterocycles. The topological polar surface area (TPSA) is 62.0 Å². The van der Waals surface area contributed by atoms with Gasteiger partial charge in [-0.15, -0.1) is 0 Å². The molecule has 1 aromatic heterocycles. The van der Waals surface area contributed by atoms with Crippen molar-refractivity contribution in [3.05, 3.63) is 76.7 Å². The van der Waals surface area contributed by atoms with Gasteiger partial charge in [0.25, 0.3) is 5.91 Å². The third-order valence-corrected chi connectivity index (χ3v) is 3.08. The fraction of sp³-hybridized carbons (Fsp3) is 0. The molecule has 0 saturated carbocycles. The average Bonchev–Trinajstić information content (AvgIpc) is 2.47. The lowest BCUT2D eigenvalue weighted by Gasteiger charge is -2.08. The van der Waals surface area contributed by atoms with Crippen molar-refractivity contribution in [2.75, 3.05) is 5.32 Å². The summed E-state index contributed by atoms with van der Waals surface area (Å²) in [6.07, 6.45) is 1.46. The number of pyridine rings is 1. The minimum atomic E-state index is -0.299. The Morgan fingerprint density at radius 3 is 2.65 bits per heavy atom. The van der Waals surface area contributed by atoms with Crippen LogP contribution in [0.5, 0.6) is 0 Å². The largest absolute Gasteiger partial charge is 0.329 e. The molecule has 0 spiro atoms. The van der Waals surface area contributed by atoms with Gasteiger partial charge in [-0.25, -0.2) is 0 Å². The molecule has 0 atom stereocenters. The molecule has 3 aromatic rings. The average molecular weight is 264 g/mol. The van der Waals surface area contributed by atoms with Crippen LogP contribution in [0.15, 0.2) is 65.6 Å². The number of carbonyl (C=O) groups is 1. The first-order valence-electron chi connectivity index (χ1n) is 6.22. The summed E-state index contributed by atoms with van der Waals surface area (Å²) in [5.41, 5.74) is 0.769. The highest BCUT2D eigenvalue weighted by Gasteiger charge is 2.08. The number of hydrogen-bond acceptors (Lipinski definition) is 2. The Morgan fingerprint density at radius 2 is 1.80 bits per heavy atom. The van der Waals surface area contributed by atoms with E-state index in [0.717, 1.165) is 16.5 Å². The highest BCUT2D eigenvalue weighted by molar-refractivity contribution is 6.09. The van der Waals surface area contributed by atoms with Gasteiger partial charge in [0.2, 0.25) is 5.56 Å². The van der Waals surface area contributed by atoms with Crippen LogP contribution in [0.25, 0.3) is 10.8 Å². The Kier molecular flexibility index (Phi) is 3.05. The van der Waals surface area contributed by atoms with E-state index in [-0.39, 0.29) is 11.5 Å². The smallest absolute Gasteiger partial charge is 0.255 e. The predicted molar refractivity (Wildman–Crippen MR) is 79.0 cm³/mol. The highest BCUT2D eigenvalue weighted by Crippen LogP contribution is 2.23. The standard InChI is InChI=1S/C16H12N2O2/c19-15-10-12(8-9-17-15)16(20)18-14-7-3-5-11-4-1-2-6-13(11)14/h1-10H,(H,17,19)(H,18,20). The van der Waals surface area contributed by atoms with Crippen molar-refractivity contribution in [1.29, 1.82) is 0 Å². The number of hydrogen-bond donors (Lipinski definition) is 2. The van der Waals surface area contributed by atoms with E-state index in [2.05, 4.69) is 10.3 Å². The number of amides is 1. The number of anilines is 1. The Balaban J connectivity index is 1.97. The number of fused-ring (bicyclic) bond motifs is 1. The Bertz CT molecular complexity index is 832. The van der Waals surface area contributed by atoms with E-state index >= 15 is 0 Å². The van der Waals surface area contributed by atoms with Crippen molar-refractivity contribution in [2.24, 2.45) is 0 Å². The molecule has 0 saturated heterocycles. The maximum atomic E-state index is 12.1. The molecule has 0 fully saturated rings. The van der Waals surface area contributed by atoms with Crippen molar-refractivity contribution >= 4 is 22.4 Å². The molecule has 2 N–H and O–H groups in total. The van der Waals surface area contributed by atoms with Gasteiger partial charge in [0, 0.05) is 28.9 Å². The summed E-state index contributed by atoms with van der Waals surface area (Å²) in [5.74, 6) is -0.299. The fourth-order valence-electron chi connectivity index (χ4n) is 2.11. The van der Waals surface area contributed by atoms with Crippen LogP contribution in [0.1, 0.15) is 10.4 Å². The van der Waals surface area contributed by atoms with Crippen molar-refractivity contribution in [2.45, 2.75) is 0 Å². The molecule has 0 aliphatic rings. The van der Waals surface area contributed by atoms with Crippen molar-refractivity contribution in [3.63, 3.8) is 0 Å². The monoisotopic (exact) mass is 264 g/mol. The van der Waals surface area contributed by atoms with Crippen LogP contribution in [0.2, 0.25) is 0 Å². The van der Waals surface area contributed by atoms with E-state index in [9.17, 15) is 9.59 Å². The molecule has 0 bridgehead atoms. The minimum Gasteiger partial charge on any atom is -0.329 e. The molecule has 98 valence electrons. The molecular formula is C16H12N2O2. The molecule has 0 aliphatic carbocycles. The predicted octanol–water partition coefficient (Wildman–Crippen LogP) is 2.78. The Hall–Kier alpha value is -2.88. The quantitative estimate of drug-likeness (QED) is 0.747. The van der Waals surface area contributed by atoms with Gasteiger partial charge in [-0.2, -0.15) is 0 Å². The van der Waals surface area contributed by atoms with Gasteiger partial charge >= 0.3 is 0 Å². The maximum absolute atomic E-state index is 12.1.